The number of piperidine rings is 1. The summed E-state index contributed by atoms with van der Waals surface area (Å²) >= 11 is 6.40. The molecular weight excluding hydrogens is 593 g/mol. The summed E-state index contributed by atoms with van der Waals surface area (Å²) in [5.74, 6) is -1.05. The number of ether oxygens (including phenoxy) is 1. The molecule has 2 saturated heterocycles. The number of halogens is 6. The first kappa shape index (κ1) is 31.1. The van der Waals surface area contributed by atoms with Crippen LogP contribution >= 0.6 is 11.6 Å². The molecule has 0 spiro atoms. The molecule has 43 heavy (non-hydrogen) atoms. The SMILES string of the molecule is CCOC(=O)c1cnn(C2CCCN(c3cc(Cl)ccc3-c3ccc(N4CCN(CC(F)F)CC4)cc3)C2)c1C(F)(F)F. The summed E-state index contributed by atoms with van der Waals surface area (Å²) in [7, 11) is 0. The molecule has 2 aliphatic rings. The number of carbonyl (C=O) groups is 1. The zero-order chi connectivity index (χ0) is 30.7. The van der Waals surface area contributed by atoms with Crippen LogP contribution in [-0.2, 0) is 10.9 Å². The fraction of sp³-hybridized carbons (Fsp3) is 0.467. The number of aromatic nitrogens is 2. The zero-order valence-corrected chi connectivity index (χ0v) is 24.4. The Bertz CT molecular complexity index is 1410. The molecule has 1 aromatic heterocycles. The minimum atomic E-state index is -4.79. The fourth-order valence-corrected chi connectivity index (χ4v) is 6.07. The van der Waals surface area contributed by atoms with Gasteiger partial charge in [0.25, 0.3) is 6.43 Å². The van der Waals surface area contributed by atoms with Crippen LogP contribution < -0.4 is 9.80 Å². The number of piperazine rings is 1. The van der Waals surface area contributed by atoms with E-state index in [9.17, 15) is 26.7 Å². The maximum absolute atomic E-state index is 14.2. The monoisotopic (exact) mass is 625 g/mol. The van der Waals surface area contributed by atoms with Crippen molar-refractivity contribution >= 4 is 28.9 Å². The van der Waals surface area contributed by atoms with Gasteiger partial charge in [-0.05, 0) is 49.6 Å². The van der Waals surface area contributed by atoms with Gasteiger partial charge in [0.05, 0.1) is 25.4 Å². The number of benzene rings is 2. The van der Waals surface area contributed by atoms with Crippen LogP contribution in [0.4, 0.5) is 33.3 Å². The number of hydrogen-bond acceptors (Lipinski definition) is 6. The van der Waals surface area contributed by atoms with E-state index >= 15 is 0 Å². The molecule has 2 aliphatic heterocycles. The van der Waals surface area contributed by atoms with Crippen LogP contribution in [0.15, 0.2) is 48.7 Å². The zero-order valence-electron chi connectivity index (χ0n) is 23.7. The first-order valence-corrected chi connectivity index (χ1v) is 14.6. The van der Waals surface area contributed by atoms with E-state index in [0.717, 1.165) is 33.4 Å². The average molecular weight is 626 g/mol. The third kappa shape index (κ3) is 7.06. The minimum Gasteiger partial charge on any atom is -0.462 e. The van der Waals surface area contributed by atoms with Crippen molar-refractivity contribution in [3.05, 3.63) is 64.9 Å². The molecule has 3 heterocycles. The molecule has 7 nitrogen and oxygen atoms in total. The van der Waals surface area contributed by atoms with Crippen molar-refractivity contribution < 1.29 is 31.5 Å². The number of hydrogen-bond donors (Lipinski definition) is 0. The van der Waals surface area contributed by atoms with E-state index in [1.54, 1.807) is 11.0 Å². The highest BCUT2D eigenvalue weighted by Crippen LogP contribution is 2.39. The van der Waals surface area contributed by atoms with Crippen LogP contribution in [0.1, 0.15) is 41.9 Å². The van der Waals surface area contributed by atoms with Crippen molar-refractivity contribution in [3.63, 3.8) is 0 Å². The second-order valence-electron chi connectivity index (χ2n) is 10.7. The van der Waals surface area contributed by atoms with Gasteiger partial charge in [0.2, 0.25) is 0 Å². The number of alkyl halides is 5. The highest BCUT2D eigenvalue weighted by Gasteiger charge is 2.42. The number of carbonyl (C=O) groups excluding carboxylic acids is 1. The van der Waals surface area contributed by atoms with Crippen molar-refractivity contribution in [3.8, 4) is 11.1 Å². The molecule has 0 bridgehead atoms. The Kier molecular flexibility index (Phi) is 9.45. The van der Waals surface area contributed by atoms with Crippen LogP contribution in [0.3, 0.4) is 0 Å². The summed E-state index contributed by atoms with van der Waals surface area (Å²) in [5.41, 5.74) is 1.87. The molecular formula is C30H33ClF5N5O2. The highest BCUT2D eigenvalue weighted by molar-refractivity contribution is 6.31. The lowest BCUT2D eigenvalue weighted by atomic mass is 9.99. The quantitative estimate of drug-likeness (QED) is 0.207. The third-order valence-corrected chi connectivity index (χ3v) is 8.15. The first-order chi connectivity index (χ1) is 20.5. The van der Waals surface area contributed by atoms with Crippen LogP contribution in [0.2, 0.25) is 5.02 Å². The molecule has 13 heteroatoms. The van der Waals surface area contributed by atoms with E-state index in [2.05, 4.69) is 10.00 Å². The molecule has 0 saturated carbocycles. The lowest BCUT2D eigenvalue weighted by Crippen LogP contribution is -2.47. The predicted molar refractivity (Wildman–Crippen MR) is 155 cm³/mol. The van der Waals surface area contributed by atoms with Gasteiger partial charge in [-0.15, -0.1) is 0 Å². The Morgan fingerprint density at radius 1 is 1.05 bits per heavy atom. The molecule has 1 unspecified atom stereocenters. The molecule has 0 amide bonds. The maximum atomic E-state index is 14.2. The van der Waals surface area contributed by atoms with Crippen molar-refractivity contribution in [2.24, 2.45) is 0 Å². The van der Waals surface area contributed by atoms with Crippen LogP contribution in [0.25, 0.3) is 11.1 Å². The molecule has 0 aliphatic carbocycles. The highest BCUT2D eigenvalue weighted by atomic mass is 35.5. The Hall–Kier alpha value is -3.38. The maximum Gasteiger partial charge on any atom is 0.433 e. The standard InChI is InChI=1S/C30H33ClF5N5O2/c1-2-43-29(42)25-17-37-41(28(25)30(34,35)36)23-4-3-11-40(18-23)26-16-21(31)7-10-24(26)20-5-8-22(9-6-20)39-14-12-38(13-15-39)19-27(32)33/h5-10,16-17,23,27H,2-4,11-15,18-19H2,1H3. The lowest BCUT2D eigenvalue weighted by Gasteiger charge is -2.37. The Balaban J connectivity index is 1.37. The molecule has 0 radical (unpaired) electrons. The summed E-state index contributed by atoms with van der Waals surface area (Å²) in [6.07, 6.45) is -5.13. The normalized spacial score (nSPS) is 18.4. The van der Waals surface area contributed by atoms with E-state index in [4.69, 9.17) is 16.3 Å². The van der Waals surface area contributed by atoms with Crippen LogP contribution in [-0.4, -0.2) is 79.5 Å². The fourth-order valence-electron chi connectivity index (χ4n) is 5.90. The Morgan fingerprint density at radius 2 is 1.77 bits per heavy atom. The van der Waals surface area contributed by atoms with E-state index in [0.29, 0.717) is 50.6 Å². The van der Waals surface area contributed by atoms with E-state index < -0.39 is 35.9 Å². The van der Waals surface area contributed by atoms with Crippen molar-refractivity contribution in [1.29, 1.82) is 0 Å². The summed E-state index contributed by atoms with van der Waals surface area (Å²) < 4.78 is 73.7. The van der Waals surface area contributed by atoms with Gasteiger partial charge in [0.15, 0.2) is 5.69 Å². The molecule has 2 fully saturated rings. The second kappa shape index (κ2) is 13.1. The number of esters is 1. The van der Waals surface area contributed by atoms with E-state index in [1.807, 2.05) is 41.3 Å². The number of rotatable bonds is 8. The van der Waals surface area contributed by atoms with Crippen molar-refractivity contribution in [2.75, 3.05) is 62.2 Å². The largest absolute Gasteiger partial charge is 0.462 e. The predicted octanol–water partition coefficient (Wildman–Crippen LogP) is 6.63. The van der Waals surface area contributed by atoms with Gasteiger partial charge in [-0.3, -0.25) is 9.58 Å². The number of anilines is 2. The average Bonchev–Trinajstić information content (AvgIpc) is 3.44. The van der Waals surface area contributed by atoms with Gasteiger partial charge in [-0.25, -0.2) is 13.6 Å². The molecule has 0 N–H and O–H groups in total. The molecule has 3 aromatic rings. The second-order valence-corrected chi connectivity index (χ2v) is 11.1. The smallest absolute Gasteiger partial charge is 0.433 e. The third-order valence-electron chi connectivity index (χ3n) is 7.91. The van der Waals surface area contributed by atoms with Crippen molar-refractivity contribution in [1.82, 2.24) is 14.7 Å². The molecule has 232 valence electrons. The van der Waals surface area contributed by atoms with Crippen LogP contribution in [0.5, 0.6) is 0 Å². The van der Waals surface area contributed by atoms with Gasteiger partial charge in [-0.2, -0.15) is 18.3 Å². The molecule has 1 atom stereocenters. The lowest BCUT2D eigenvalue weighted by molar-refractivity contribution is -0.145. The molecule has 5 rings (SSSR count). The van der Waals surface area contributed by atoms with Crippen molar-refractivity contribution in [2.45, 2.75) is 38.4 Å². The van der Waals surface area contributed by atoms with E-state index in [1.165, 1.54) is 6.92 Å². The summed E-state index contributed by atoms with van der Waals surface area (Å²) in [6, 6.07) is 12.8. The number of nitrogens with zero attached hydrogens (tertiary/aromatic N) is 5. The summed E-state index contributed by atoms with van der Waals surface area (Å²) in [5, 5.41) is 4.51. The summed E-state index contributed by atoms with van der Waals surface area (Å²) in [6.45, 7) is 4.55. The Morgan fingerprint density at radius 3 is 2.42 bits per heavy atom. The van der Waals surface area contributed by atoms with Crippen LogP contribution in [0, 0.1) is 0 Å². The molecule has 2 aromatic carbocycles. The van der Waals surface area contributed by atoms with Gasteiger partial charge < -0.3 is 14.5 Å². The topological polar surface area (TPSA) is 53.8 Å². The van der Waals surface area contributed by atoms with Gasteiger partial charge >= 0.3 is 12.1 Å². The minimum absolute atomic E-state index is 0.0466. The first-order valence-electron chi connectivity index (χ1n) is 14.3. The van der Waals surface area contributed by atoms with Gasteiger partial charge in [0, 0.05) is 61.2 Å². The summed E-state index contributed by atoms with van der Waals surface area (Å²) in [4.78, 5) is 18.2. The van der Waals surface area contributed by atoms with Gasteiger partial charge in [-0.1, -0.05) is 29.8 Å². The van der Waals surface area contributed by atoms with Gasteiger partial charge in [0.1, 0.15) is 5.56 Å². The Labute approximate surface area is 251 Å². The van der Waals surface area contributed by atoms with E-state index in [-0.39, 0.29) is 19.7 Å².